The Kier molecular flexibility index (Phi) is 4.62. The lowest BCUT2D eigenvalue weighted by atomic mass is 9.78. The Hall–Kier alpha value is -3.15. The minimum Gasteiger partial charge on any atom is -0.354 e. The zero-order valence-corrected chi connectivity index (χ0v) is 15.2. The summed E-state index contributed by atoms with van der Waals surface area (Å²) < 4.78 is 0. The van der Waals surface area contributed by atoms with E-state index in [2.05, 4.69) is 20.8 Å². The van der Waals surface area contributed by atoms with Crippen molar-refractivity contribution in [1.29, 1.82) is 0 Å². The molecule has 4 rings (SSSR count). The molecule has 0 radical (unpaired) electrons. The SMILES string of the molecule is CC(=O)N[C@H]1C[C@@H](c2cc(NC(=O)Cc3cccc4ccccc34)n[nH]2)C1. The van der Waals surface area contributed by atoms with Gasteiger partial charge in [0.05, 0.1) is 6.42 Å². The number of aromatic amines is 1. The number of nitrogens with zero attached hydrogens (tertiary/aromatic N) is 1. The first-order chi connectivity index (χ1) is 13.1. The smallest absolute Gasteiger partial charge is 0.230 e. The first kappa shape index (κ1) is 17.3. The Bertz CT molecular complexity index is 983. The molecule has 0 unspecified atom stereocenters. The number of amides is 2. The third-order valence-electron chi connectivity index (χ3n) is 5.08. The Balaban J connectivity index is 1.37. The van der Waals surface area contributed by atoms with E-state index < -0.39 is 0 Å². The van der Waals surface area contributed by atoms with Crippen LogP contribution < -0.4 is 10.6 Å². The highest BCUT2D eigenvalue weighted by molar-refractivity contribution is 5.95. The van der Waals surface area contributed by atoms with E-state index in [0.29, 0.717) is 18.2 Å². The monoisotopic (exact) mass is 362 g/mol. The first-order valence-electron chi connectivity index (χ1n) is 9.17. The number of anilines is 1. The number of nitrogens with one attached hydrogen (secondary N) is 3. The standard InChI is InChI=1S/C21H22N4O2/c1-13(26)22-17-9-16(10-17)19-12-20(25-24-19)23-21(27)11-15-7-4-6-14-5-2-3-8-18(14)15/h2-8,12,16-17H,9-11H2,1H3,(H,22,26)(H2,23,24,25,27)/t16-,17+. The van der Waals surface area contributed by atoms with E-state index in [-0.39, 0.29) is 17.9 Å². The molecule has 0 spiro atoms. The molecule has 27 heavy (non-hydrogen) atoms. The van der Waals surface area contributed by atoms with Crippen molar-refractivity contribution < 1.29 is 9.59 Å². The van der Waals surface area contributed by atoms with Crippen molar-refractivity contribution >= 4 is 28.4 Å². The molecule has 6 heteroatoms. The molecule has 2 amide bonds. The summed E-state index contributed by atoms with van der Waals surface area (Å²) in [6, 6.07) is 16.2. The lowest BCUT2D eigenvalue weighted by Crippen LogP contribution is -2.42. The number of carbonyl (C=O) groups excluding carboxylic acids is 2. The van der Waals surface area contributed by atoms with Crippen LogP contribution in [-0.2, 0) is 16.0 Å². The van der Waals surface area contributed by atoms with Gasteiger partial charge in [0, 0.05) is 30.6 Å². The largest absolute Gasteiger partial charge is 0.354 e. The summed E-state index contributed by atoms with van der Waals surface area (Å²) >= 11 is 0. The average molecular weight is 362 g/mol. The van der Waals surface area contributed by atoms with Crippen LogP contribution in [0.3, 0.4) is 0 Å². The lowest BCUT2D eigenvalue weighted by molar-refractivity contribution is -0.120. The Morgan fingerprint density at radius 2 is 1.93 bits per heavy atom. The second-order valence-corrected chi connectivity index (χ2v) is 7.14. The second-order valence-electron chi connectivity index (χ2n) is 7.14. The van der Waals surface area contributed by atoms with Crippen molar-refractivity contribution in [1.82, 2.24) is 15.5 Å². The van der Waals surface area contributed by atoms with Gasteiger partial charge < -0.3 is 10.6 Å². The van der Waals surface area contributed by atoms with Crippen molar-refractivity contribution in [2.45, 2.75) is 38.1 Å². The van der Waals surface area contributed by atoms with E-state index in [1.165, 1.54) is 6.92 Å². The predicted octanol–water partition coefficient (Wildman–Crippen LogP) is 3.13. The molecule has 2 aromatic carbocycles. The third-order valence-corrected chi connectivity index (χ3v) is 5.08. The van der Waals surface area contributed by atoms with E-state index in [0.717, 1.165) is 34.9 Å². The van der Waals surface area contributed by atoms with Crippen LogP contribution in [0.4, 0.5) is 5.82 Å². The highest BCUT2D eigenvalue weighted by Crippen LogP contribution is 2.36. The molecule has 3 aromatic rings. The summed E-state index contributed by atoms with van der Waals surface area (Å²) in [7, 11) is 0. The number of aromatic nitrogens is 2. The topological polar surface area (TPSA) is 86.9 Å². The molecule has 1 heterocycles. The summed E-state index contributed by atoms with van der Waals surface area (Å²) in [6.45, 7) is 1.53. The predicted molar refractivity (Wildman–Crippen MR) is 104 cm³/mol. The summed E-state index contributed by atoms with van der Waals surface area (Å²) in [5.41, 5.74) is 2.00. The van der Waals surface area contributed by atoms with Crippen molar-refractivity contribution in [2.75, 3.05) is 5.32 Å². The second kappa shape index (κ2) is 7.23. The van der Waals surface area contributed by atoms with Crippen LogP contribution in [0.2, 0.25) is 0 Å². The van der Waals surface area contributed by atoms with Gasteiger partial charge in [0.15, 0.2) is 5.82 Å². The molecule has 1 fully saturated rings. The highest BCUT2D eigenvalue weighted by Gasteiger charge is 2.32. The van der Waals surface area contributed by atoms with Crippen LogP contribution >= 0.6 is 0 Å². The number of hydrogen-bond acceptors (Lipinski definition) is 3. The quantitative estimate of drug-likeness (QED) is 0.652. The maximum Gasteiger partial charge on any atom is 0.230 e. The van der Waals surface area contributed by atoms with Crippen molar-refractivity contribution in [3.63, 3.8) is 0 Å². The van der Waals surface area contributed by atoms with Crippen LogP contribution in [0, 0.1) is 0 Å². The van der Waals surface area contributed by atoms with Gasteiger partial charge in [-0.15, -0.1) is 0 Å². The number of rotatable bonds is 5. The fraction of sp³-hybridized carbons (Fsp3) is 0.286. The maximum atomic E-state index is 12.4. The number of carbonyl (C=O) groups is 2. The molecule has 0 aliphatic heterocycles. The summed E-state index contributed by atoms with van der Waals surface area (Å²) in [6.07, 6.45) is 2.09. The van der Waals surface area contributed by atoms with E-state index >= 15 is 0 Å². The zero-order valence-electron chi connectivity index (χ0n) is 15.2. The van der Waals surface area contributed by atoms with Gasteiger partial charge in [0.2, 0.25) is 11.8 Å². The van der Waals surface area contributed by atoms with Gasteiger partial charge in [-0.05, 0) is 29.2 Å². The number of hydrogen-bond donors (Lipinski definition) is 3. The van der Waals surface area contributed by atoms with Crippen molar-refractivity contribution in [3.8, 4) is 0 Å². The molecular formula is C21H22N4O2. The van der Waals surface area contributed by atoms with Crippen LogP contribution in [-0.4, -0.2) is 28.1 Å². The Labute approximate surface area is 157 Å². The fourth-order valence-corrected chi connectivity index (χ4v) is 3.69. The lowest BCUT2D eigenvalue weighted by Gasteiger charge is -2.34. The van der Waals surface area contributed by atoms with E-state index in [4.69, 9.17) is 0 Å². The maximum absolute atomic E-state index is 12.4. The van der Waals surface area contributed by atoms with Crippen molar-refractivity contribution in [2.24, 2.45) is 0 Å². The van der Waals surface area contributed by atoms with Gasteiger partial charge in [-0.3, -0.25) is 14.7 Å². The first-order valence-corrected chi connectivity index (χ1v) is 9.17. The minimum atomic E-state index is -0.0888. The van der Waals surface area contributed by atoms with Crippen LogP contribution in [0.1, 0.15) is 36.9 Å². The molecule has 1 saturated carbocycles. The third kappa shape index (κ3) is 3.84. The number of fused-ring (bicyclic) bond motifs is 1. The number of H-pyrrole nitrogens is 1. The van der Waals surface area contributed by atoms with E-state index in [9.17, 15) is 9.59 Å². The van der Waals surface area contributed by atoms with E-state index in [1.54, 1.807) is 0 Å². The van der Waals surface area contributed by atoms with Gasteiger partial charge in [-0.25, -0.2) is 0 Å². The van der Waals surface area contributed by atoms with Gasteiger partial charge in [-0.2, -0.15) is 5.10 Å². The van der Waals surface area contributed by atoms with Crippen LogP contribution in [0.15, 0.2) is 48.5 Å². The summed E-state index contributed by atoms with van der Waals surface area (Å²) in [5.74, 6) is 0.801. The molecule has 1 aliphatic carbocycles. The molecule has 3 N–H and O–H groups in total. The summed E-state index contributed by atoms with van der Waals surface area (Å²) in [4.78, 5) is 23.5. The van der Waals surface area contributed by atoms with Gasteiger partial charge in [0.1, 0.15) is 0 Å². The average Bonchev–Trinajstić information content (AvgIpc) is 3.05. The minimum absolute atomic E-state index is 0.00412. The molecule has 0 bridgehead atoms. The summed E-state index contributed by atoms with van der Waals surface area (Å²) in [5, 5.41) is 15.2. The molecule has 138 valence electrons. The zero-order chi connectivity index (χ0) is 18.8. The normalized spacial score (nSPS) is 18.7. The molecule has 0 atom stereocenters. The van der Waals surface area contributed by atoms with Gasteiger partial charge in [-0.1, -0.05) is 42.5 Å². The molecule has 1 aromatic heterocycles. The Morgan fingerprint density at radius 3 is 2.74 bits per heavy atom. The van der Waals surface area contributed by atoms with Crippen LogP contribution in [0.25, 0.3) is 10.8 Å². The molecule has 0 saturated heterocycles. The Morgan fingerprint density at radius 1 is 1.15 bits per heavy atom. The molecule has 1 aliphatic rings. The van der Waals surface area contributed by atoms with Gasteiger partial charge >= 0.3 is 0 Å². The highest BCUT2D eigenvalue weighted by atomic mass is 16.2. The molecular weight excluding hydrogens is 340 g/mol. The fourth-order valence-electron chi connectivity index (χ4n) is 3.69. The van der Waals surface area contributed by atoms with E-state index in [1.807, 2.05) is 48.5 Å². The van der Waals surface area contributed by atoms with Crippen LogP contribution in [0.5, 0.6) is 0 Å². The molecule has 6 nitrogen and oxygen atoms in total. The van der Waals surface area contributed by atoms with Gasteiger partial charge in [0.25, 0.3) is 0 Å². The number of benzene rings is 2. The van der Waals surface area contributed by atoms with Crippen molar-refractivity contribution in [3.05, 3.63) is 59.8 Å².